The van der Waals surface area contributed by atoms with E-state index in [0.717, 1.165) is 32.1 Å². The summed E-state index contributed by atoms with van der Waals surface area (Å²) in [5.41, 5.74) is 5.34. The maximum absolute atomic E-state index is 11.1. The Morgan fingerprint density at radius 3 is 2.44 bits per heavy atom. The average Bonchev–Trinajstić information content (AvgIpc) is 2.21. The summed E-state index contributed by atoms with van der Waals surface area (Å²) < 4.78 is 0. The molecule has 2 N–H and O–H groups in total. The Labute approximate surface area is 106 Å². The van der Waals surface area contributed by atoms with Gasteiger partial charge in [0.15, 0.2) is 0 Å². The van der Waals surface area contributed by atoms with Crippen LogP contribution in [0.5, 0.6) is 0 Å². The predicted octanol–water partition coefficient (Wildman–Crippen LogP) is 3.69. The third kappa shape index (κ3) is 7.75. The molecule has 0 bridgehead atoms. The molecule has 3 heteroatoms. The minimum absolute atomic E-state index is 0. The zero-order valence-electron chi connectivity index (χ0n) is 10.7. The highest BCUT2D eigenvalue weighted by Crippen LogP contribution is 2.23. The second-order valence-electron chi connectivity index (χ2n) is 4.24. The van der Waals surface area contributed by atoms with Gasteiger partial charge >= 0.3 is 0 Å². The van der Waals surface area contributed by atoms with Crippen LogP contribution in [0.1, 0.15) is 52.9 Å². The lowest BCUT2D eigenvalue weighted by molar-refractivity contribution is -0.123. The van der Waals surface area contributed by atoms with Crippen molar-refractivity contribution < 1.29 is 4.79 Å². The fourth-order valence-electron chi connectivity index (χ4n) is 1.91. The van der Waals surface area contributed by atoms with Crippen molar-refractivity contribution in [2.24, 2.45) is 17.6 Å². The molecule has 0 radical (unpaired) electrons. The third-order valence-corrected chi connectivity index (χ3v) is 3.00. The van der Waals surface area contributed by atoms with Gasteiger partial charge in [0.05, 0.1) is 0 Å². The van der Waals surface area contributed by atoms with Crippen LogP contribution < -0.4 is 5.73 Å². The SMILES string of the molecule is C/C=C/CCCC(CCC)C(C)C(N)=O.Cl. The summed E-state index contributed by atoms with van der Waals surface area (Å²) in [6.45, 7) is 6.15. The number of hydrogen-bond donors (Lipinski definition) is 1. The van der Waals surface area contributed by atoms with Gasteiger partial charge in [0, 0.05) is 5.92 Å². The van der Waals surface area contributed by atoms with Crippen molar-refractivity contribution in [2.75, 3.05) is 0 Å². The number of allylic oxidation sites excluding steroid dienone is 2. The Morgan fingerprint density at radius 2 is 2.00 bits per heavy atom. The summed E-state index contributed by atoms with van der Waals surface area (Å²) >= 11 is 0. The smallest absolute Gasteiger partial charge is 0.220 e. The Hall–Kier alpha value is -0.500. The zero-order valence-corrected chi connectivity index (χ0v) is 11.6. The van der Waals surface area contributed by atoms with E-state index in [-0.39, 0.29) is 24.2 Å². The molecule has 0 fully saturated rings. The normalized spacial score (nSPS) is 14.4. The molecule has 0 rings (SSSR count). The standard InChI is InChI=1S/C13H25NO.ClH/c1-4-6-7-8-10-12(9-5-2)11(3)13(14)15;/h4,6,11-12H,5,7-10H2,1-3H3,(H2,14,15);1H/b6-4+;. The molecule has 0 aliphatic carbocycles. The highest BCUT2D eigenvalue weighted by Gasteiger charge is 2.20. The first-order valence-corrected chi connectivity index (χ1v) is 6.03. The molecule has 0 aromatic heterocycles. The van der Waals surface area contributed by atoms with Crippen LogP contribution in [0.2, 0.25) is 0 Å². The molecule has 0 aromatic rings. The molecule has 2 unspecified atom stereocenters. The topological polar surface area (TPSA) is 43.1 Å². The van der Waals surface area contributed by atoms with Gasteiger partial charge in [-0.1, -0.05) is 32.4 Å². The van der Waals surface area contributed by atoms with E-state index in [0.29, 0.717) is 5.92 Å². The molecule has 2 nitrogen and oxygen atoms in total. The molecular weight excluding hydrogens is 222 g/mol. The van der Waals surface area contributed by atoms with Gasteiger partial charge in [-0.15, -0.1) is 12.4 Å². The second-order valence-corrected chi connectivity index (χ2v) is 4.24. The summed E-state index contributed by atoms with van der Waals surface area (Å²) in [4.78, 5) is 11.1. The van der Waals surface area contributed by atoms with Gasteiger partial charge in [0.1, 0.15) is 0 Å². The number of hydrogen-bond acceptors (Lipinski definition) is 1. The van der Waals surface area contributed by atoms with Crippen LogP contribution in [-0.4, -0.2) is 5.91 Å². The molecule has 0 heterocycles. The summed E-state index contributed by atoms with van der Waals surface area (Å²) in [7, 11) is 0. The first kappa shape index (κ1) is 17.9. The summed E-state index contributed by atoms with van der Waals surface area (Å²) in [6, 6.07) is 0. The monoisotopic (exact) mass is 247 g/mol. The number of carbonyl (C=O) groups excluding carboxylic acids is 1. The molecule has 0 saturated carbocycles. The fraction of sp³-hybridized carbons (Fsp3) is 0.769. The Morgan fingerprint density at radius 1 is 1.38 bits per heavy atom. The predicted molar refractivity (Wildman–Crippen MR) is 72.7 cm³/mol. The van der Waals surface area contributed by atoms with E-state index < -0.39 is 0 Å². The number of unbranched alkanes of at least 4 members (excludes halogenated alkanes) is 1. The van der Waals surface area contributed by atoms with E-state index in [9.17, 15) is 4.79 Å². The van der Waals surface area contributed by atoms with Crippen molar-refractivity contribution in [3.63, 3.8) is 0 Å². The van der Waals surface area contributed by atoms with Crippen LogP contribution in [0.4, 0.5) is 0 Å². The Balaban J connectivity index is 0. The summed E-state index contributed by atoms with van der Waals surface area (Å²) in [5, 5.41) is 0. The van der Waals surface area contributed by atoms with E-state index in [1.165, 1.54) is 0 Å². The number of carbonyl (C=O) groups is 1. The summed E-state index contributed by atoms with van der Waals surface area (Å²) in [6.07, 6.45) is 9.88. The minimum Gasteiger partial charge on any atom is -0.369 e. The van der Waals surface area contributed by atoms with Gasteiger partial charge in [-0.3, -0.25) is 4.79 Å². The van der Waals surface area contributed by atoms with Crippen LogP contribution in [0.3, 0.4) is 0 Å². The van der Waals surface area contributed by atoms with Crippen LogP contribution in [-0.2, 0) is 4.79 Å². The van der Waals surface area contributed by atoms with E-state index in [1.54, 1.807) is 0 Å². The first-order valence-electron chi connectivity index (χ1n) is 6.03. The van der Waals surface area contributed by atoms with Crippen molar-refractivity contribution >= 4 is 18.3 Å². The molecule has 0 aliphatic rings. The number of amides is 1. The van der Waals surface area contributed by atoms with Gasteiger partial charge in [-0.25, -0.2) is 0 Å². The van der Waals surface area contributed by atoms with Crippen LogP contribution in [0.25, 0.3) is 0 Å². The molecule has 96 valence electrons. The molecule has 1 amide bonds. The molecule has 0 aliphatic heterocycles. The lowest BCUT2D eigenvalue weighted by atomic mass is 9.85. The lowest BCUT2D eigenvalue weighted by Crippen LogP contribution is -2.27. The molecule has 0 aromatic carbocycles. The maximum atomic E-state index is 11.1. The summed E-state index contributed by atoms with van der Waals surface area (Å²) in [5.74, 6) is 0.341. The Kier molecular flexibility index (Phi) is 12.3. The minimum atomic E-state index is -0.153. The van der Waals surface area contributed by atoms with Gasteiger partial charge in [-0.2, -0.15) is 0 Å². The molecule has 16 heavy (non-hydrogen) atoms. The van der Waals surface area contributed by atoms with E-state index in [1.807, 2.05) is 13.8 Å². The van der Waals surface area contributed by atoms with Crippen LogP contribution in [0, 0.1) is 11.8 Å². The van der Waals surface area contributed by atoms with Gasteiger partial charge in [-0.05, 0) is 38.5 Å². The van der Waals surface area contributed by atoms with Crippen molar-refractivity contribution in [3.05, 3.63) is 12.2 Å². The van der Waals surface area contributed by atoms with E-state index in [4.69, 9.17) is 5.73 Å². The highest BCUT2D eigenvalue weighted by molar-refractivity contribution is 5.85. The van der Waals surface area contributed by atoms with Crippen molar-refractivity contribution in [1.82, 2.24) is 0 Å². The zero-order chi connectivity index (χ0) is 11.7. The molecule has 0 spiro atoms. The number of primary amides is 1. The van der Waals surface area contributed by atoms with E-state index >= 15 is 0 Å². The van der Waals surface area contributed by atoms with Gasteiger partial charge < -0.3 is 5.73 Å². The van der Waals surface area contributed by atoms with Crippen molar-refractivity contribution in [3.8, 4) is 0 Å². The third-order valence-electron chi connectivity index (χ3n) is 3.00. The Bertz CT molecular complexity index is 204. The van der Waals surface area contributed by atoms with Crippen molar-refractivity contribution in [2.45, 2.75) is 52.9 Å². The number of nitrogens with two attached hydrogens (primary N) is 1. The molecular formula is C13H26ClNO. The van der Waals surface area contributed by atoms with Crippen LogP contribution >= 0.6 is 12.4 Å². The first-order chi connectivity index (χ1) is 7.13. The maximum Gasteiger partial charge on any atom is 0.220 e. The molecule has 2 atom stereocenters. The fourth-order valence-corrected chi connectivity index (χ4v) is 1.91. The average molecular weight is 248 g/mol. The lowest BCUT2D eigenvalue weighted by Gasteiger charge is -2.20. The molecule has 0 saturated heterocycles. The van der Waals surface area contributed by atoms with E-state index in [2.05, 4.69) is 19.1 Å². The van der Waals surface area contributed by atoms with Crippen molar-refractivity contribution in [1.29, 1.82) is 0 Å². The number of halogens is 1. The van der Waals surface area contributed by atoms with Crippen LogP contribution in [0.15, 0.2) is 12.2 Å². The largest absolute Gasteiger partial charge is 0.369 e. The second kappa shape index (κ2) is 11.0. The van der Waals surface area contributed by atoms with Gasteiger partial charge in [0.25, 0.3) is 0 Å². The van der Waals surface area contributed by atoms with Gasteiger partial charge in [0.2, 0.25) is 5.91 Å². The quantitative estimate of drug-likeness (QED) is 0.516. The highest BCUT2D eigenvalue weighted by atomic mass is 35.5. The number of rotatable bonds is 8.